The van der Waals surface area contributed by atoms with Crippen molar-refractivity contribution in [1.29, 1.82) is 0 Å². The number of nitrogens with one attached hydrogen (secondary N) is 2. The fraction of sp³-hybridized carbons (Fsp3) is 0.0833. The van der Waals surface area contributed by atoms with E-state index in [2.05, 4.69) is 20.7 Å². The monoisotopic (exact) mass is 297 g/mol. The van der Waals surface area contributed by atoms with E-state index in [1.807, 2.05) is 0 Å². The largest absolute Gasteiger partial charge is 0.418 e. The highest BCUT2D eigenvalue weighted by molar-refractivity contribution is 6.03. The molecule has 1 amide bonds. The van der Waals surface area contributed by atoms with E-state index in [0.717, 1.165) is 18.3 Å². The van der Waals surface area contributed by atoms with Gasteiger partial charge in [0.1, 0.15) is 5.69 Å². The summed E-state index contributed by atoms with van der Waals surface area (Å²) in [5, 5.41) is 2.15. The fourth-order valence-corrected chi connectivity index (χ4v) is 1.57. The molecule has 4 N–H and O–H groups in total. The molecule has 0 aliphatic heterocycles. The molecule has 6 nitrogen and oxygen atoms in total. The molecule has 2 aromatic rings. The number of anilines is 2. The minimum Gasteiger partial charge on any atom is -0.320 e. The summed E-state index contributed by atoms with van der Waals surface area (Å²) in [6, 6.07) is 4.64. The van der Waals surface area contributed by atoms with Crippen molar-refractivity contribution in [2.45, 2.75) is 6.18 Å². The second kappa shape index (κ2) is 5.75. The summed E-state index contributed by atoms with van der Waals surface area (Å²) in [5.74, 6) is 4.41. The van der Waals surface area contributed by atoms with Crippen LogP contribution in [0.1, 0.15) is 16.1 Å². The highest BCUT2D eigenvalue weighted by Gasteiger charge is 2.33. The summed E-state index contributed by atoms with van der Waals surface area (Å²) < 4.78 is 38.4. The predicted molar refractivity (Wildman–Crippen MR) is 69.2 cm³/mol. The lowest BCUT2D eigenvalue weighted by Crippen LogP contribution is -2.19. The molecule has 0 saturated carbocycles. The van der Waals surface area contributed by atoms with Crippen molar-refractivity contribution in [3.05, 3.63) is 47.9 Å². The molecule has 0 spiro atoms. The van der Waals surface area contributed by atoms with Crippen LogP contribution in [0, 0.1) is 0 Å². The standard InChI is InChI=1S/C12H10F3N5O/c13-12(14,15)7-3-1-2-4-8(7)19-11(21)9-5-17-6-10(18-9)20-16/h1-6H,16H2,(H,18,20)(H,19,21). The van der Waals surface area contributed by atoms with Crippen LogP contribution in [0.5, 0.6) is 0 Å². The summed E-state index contributed by atoms with van der Waals surface area (Å²) in [6.45, 7) is 0. The number of nitrogens with zero attached hydrogens (tertiary/aromatic N) is 2. The van der Waals surface area contributed by atoms with Crippen LogP contribution in [-0.2, 0) is 6.18 Å². The van der Waals surface area contributed by atoms with Crippen LogP contribution < -0.4 is 16.6 Å². The van der Waals surface area contributed by atoms with Gasteiger partial charge in [-0.3, -0.25) is 9.78 Å². The van der Waals surface area contributed by atoms with Crippen molar-refractivity contribution in [3.63, 3.8) is 0 Å². The Morgan fingerprint density at radius 1 is 1.19 bits per heavy atom. The number of hydrogen-bond donors (Lipinski definition) is 3. The van der Waals surface area contributed by atoms with Crippen LogP contribution in [0.2, 0.25) is 0 Å². The lowest BCUT2D eigenvalue weighted by molar-refractivity contribution is -0.136. The first kappa shape index (κ1) is 14.7. The summed E-state index contributed by atoms with van der Waals surface area (Å²) in [4.78, 5) is 19.4. The molecule has 9 heteroatoms. The molecular weight excluding hydrogens is 287 g/mol. The van der Waals surface area contributed by atoms with Crippen molar-refractivity contribution in [1.82, 2.24) is 9.97 Å². The SMILES string of the molecule is NNc1cncc(C(=O)Nc2ccccc2C(F)(F)F)n1. The number of hydrazine groups is 1. The molecule has 0 unspecified atom stereocenters. The number of hydrogen-bond acceptors (Lipinski definition) is 5. The van der Waals surface area contributed by atoms with Gasteiger partial charge in [0.15, 0.2) is 5.82 Å². The first-order chi connectivity index (χ1) is 9.91. The minimum atomic E-state index is -4.57. The van der Waals surface area contributed by atoms with Gasteiger partial charge >= 0.3 is 6.18 Å². The molecule has 1 aromatic heterocycles. The van der Waals surface area contributed by atoms with E-state index in [0.29, 0.717) is 0 Å². The molecule has 0 aliphatic carbocycles. The van der Waals surface area contributed by atoms with E-state index in [1.165, 1.54) is 18.3 Å². The second-order valence-electron chi connectivity index (χ2n) is 3.93. The Labute approximate surface area is 117 Å². The number of aromatic nitrogens is 2. The lowest BCUT2D eigenvalue weighted by atomic mass is 10.1. The fourth-order valence-electron chi connectivity index (χ4n) is 1.57. The van der Waals surface area contributed by atoms with Crippen molar-refractivity contribution in [2.75, 3.05) is 10.7 Å². The molecule has 1 heterocycles. The molecule has 21 heavy (non-hydrogen) atoms. The maximum atomic E-state index is 12.8. The summed E-state index contributed by atoms with van der Waals surface area (Å²) >= 11 is 0. The third kappa shape index (κ3) is 3.45. The van der Waals surface area contributed by atoms with E-state index in [-0.39, 0.29) is 17.2 Å². The first-order valence-corrected chi connectivity index (χ1v) is 5.68. The third-order valence-corrected chi connectivity index (χ3v) is 2.50. The van der Waals surface area contributed by atoms with Gasteiger partial charge in [0.2, 0.25) is 0 Å². The zero-order valence-corrected chi connectivity index (χ0v) is 10.5. The Kier molecular flexibility index (Phi) is 4.03. The molecule has 0 radical (unpaired) electrons. The van der Waals surface area contributed by atoms with Crippen LogP contribution in [0.3, 0.4) is 0 Å². The van der Waals surface area contributed by atoms with E-state index in [4.69, 9.17) is 5.84 Å². The number of halogens is 3. The average Bonchev–Trinajstić information content (AvgIpc) is 2.46. The van der Waals surface area contributed by atoms with Crippen LogP contribution in [-0.4, -0.2) is 15.9 Å². The number of para-hydroxylation sites is 1. The maximum absolute atomic E-state index is 12.8. The second-order valence-corrected chi connectivity index (χ2v) is 3.93. The molecule has 1 aromatic carbocycles. The molecular formula is C12H10F3N5O. The summed E-state index contributed by atoms with van der Waals surface area (Å²) in [7, 11) is 0. The molecule has 0 aliphatic rings. The van der Waals surface area contributed by atoms with Gasteiger partial charge in [-0.15, -0.1) is 0 Å². The summed E-state index contributed by atoms with van der Waals surface area (Å²) in [5.41, 5.74) is 0.720. The Morgan fingerprint density at radius 2 is 1.90 bits per heavy atom. The number of benzene rings is 1. The van der Waals surface area contributed by atoms with Crippen LogP contribution in [0.4, 0.5) is 24.7 Å². The van der Waals surface area contributed by atoms with Crippen LogP contribution >= 0.6 is 0 Å². The van der Waals surface area contributed by atoms with Gasteiger partial charge in [-0.05, 0) is 12.1 Å². The average molecular weight is 297 g/mol. The van der Waals surface area contributed by atoms with Crippen molar-refractivity contribution < 1.29 is 18.0 Å². The summed E-state index contributed by atoms with van der Waals surface area (Å²) in [6.07, 6.45) is -2.19. The molecule has 0 saturated heterocycles. The topological polar surface area (TPSA) is 92.9 Å². The van der Waals surface area contributed by atoms with Gasteiger partial charge in [0.05, 0.1) is 23.6 Å². The Bertz CT molecular complexity index is 659. The number of nitrogen functional groups attached to an aromatic ring is 1. The maximum Gasteiger partial charge on any atom is 0.418 e. The quantitative estimate of drug-likeness (QED) is 0.595. The minimum absolute atomic E-state index is 0.117. The van der Waals surface area contributed by atoms with Crippen molar-refractivity contribution >= 4 is 17.4 Å². The highest BCUT2D eigenvalue weighted by Crippen LogP contribution is 2.34. The first-order valence-electron chi connectivity index (χ1n) is 5.68. The Hall–Kier alpha value is -2.68. The Morgan fingerprint density at radius 3 is 2.57 bits per heavy atom. The number of alkyl halides is 3. The number of carbonyl (C=O) groups is 1. The van der Waals surface area contributed by atoms with Gasteiger partial charge in [0.25, 0.3) is 5.91 Å². The molecule has 0 atom stereocenters. The molecule has 2 rings (SSSR count). The lowest BCUT2D eigenvalue weighted by Gasteiger charge is -2.13. The van der Waals surface area contributed by atoms with Crippen LogP contribution in [0.15, 0.2) is 36.7 Å². The van der Waals surface area contributed by atoms with E-state index in [1.54, 1.807) is 0 Å². The van der Waals surface area contributed by atoms with Gasteiger partial charge in [-0.25, -0.2) is 10.8 Å². The molecule has 0 bridgehead atoms. The molecule has 110 valence electrons. The smallest absolute Gasteiger partial charge is 0.320 e. The number of amides is 1. The zero-order chi connectivity index (χ0) is 15.5. The number of rotatable bonds is 3. The van der Waals surface area contributed by atoms with E-state index >= 15 is 0 Å². The zero-order valence-electron chi connectivity index (χ0n) is 10.5. The van der Waals surface area contributed by atoms with Gasteiger partial charge in [-0.2, -0.15) is 13.2 Å². The van der Waals surface area contributed by atoms with Crippen molar-refractivity contribution in [2.24, 2.45) is 5.84 Å². The van der Waals surface area contributed by atoms with Crippen LogP contribution in [0.25, 0.3) is 0 Å². The normalized spacial score (nSPS) is 11.0. The number of carbonyl (C=O) groups excluding carboxylic acids is 1. The highest BCUT2D eigenvalue weighted by atomic mass is 19.4. The van der Waals surface area contributed by atoms with Gasteiger partial charge < -0.3 is 10.7 Å². The Balaban J connectivity index is 2.28. The van der Waals surface area contributed by atoms with Gasteiger partial charge in [-0.1, -0.05) is 12.1 Å². The molecule has 0 fully saturated rings. The third-order valence-electron chi connectivity index (χ3n) is 2.50. The van der Waals surface area contributed by atoms with E-state index < -0.39 is 17.6 Å². The van der Waals surface area contributed by atoms with Gasteiger partial charge in [0, 0.05) is 0 Å². The van der Waals surface area contributed by atoms with E-state index in [9.17, 15) is 18.0 Å². The number of nitrogens with two attached hydrogens (primary N) is 1. The van der Waals surface area contributed by atoms with Crippen molar-refractivity contribution in [3.8, 4) is 0 Å². The predicted octanol–water partition coefficient (Wildman–Crippen LogP) is 2.03.